The number of halogens is 3. The molecule has 2 N–H and O–H groups in total. The van der Waals surface area contributed by atoms with Crippen LogP contribution < -0.4 is 15.4 Å². The maximum absolute atomic E-state index is 17.0. The van der Waals surface area contributed by atoms with Crippen molar-refractivity contribution in [2.45, 2.75) is 63.1 Å². The van der Waals surface area contributed by atoms with Crippen LogP contribution in [0.2, 0.25) is 0 Å². The first-order valence-electron chi connectivity index (χ1n) is 17.6. The molecular weight excluding hydrogens is 657 g/mol. The molecule has 4 atom stereocenters. The van der Waals surface area contributed by atoms with E-state index in [1.807, 2.05) is 4.90 Å². The standard InChI is InChI=1S/C39H43F3N6O3/c1-5-27-30(40)13-11-24-8-6-9-28(32(24)27)33-31(41)18-29-35(34(33)42)44-37(45-36(29)47-19-23(2)10-12-25(43)20-47)51-22-39-15-7-17-48(39)26(14-16-39)21-50-38(49)46(3)4/h1,6,8-9,11,13,18,23,25-26H,7,10,12,14-17,19-22,43H2,2-4H3/t23-,25?,26?,39?/m1/s1. The smallest absolute Gasteiger partial charge is 0.409 e. The molecule has 1 amide bonds. The molecule has 3 aliphatic heterocycles. The number of amides is 1. The SMILES string of the molecule is C#Cc1c(F)ccc2cccc(-c3c(F)cc4c(N5CC(N)CC[C@@H](C)C5)nc(OCC56CCCN5C(COC(=O)N(C)C)CC6)nc4c3F)c12. The van der Waals surface area contributed by atoms with Gasteiger partial charge in [-0.25, -0.2) is 18.0 Å². The summed E-state index contributed by atoms with van der Waals surface area (Å²) in [6, 6.07) is 8.80. The average molecular weight is 701 g/mol. The zero-order valence-corrected chi connectivity index (χ0v) is 29.2. The van der Waals surface area contributed by atoms with Gasteiger partial charge in [0.2, 0.25) is 0 Å². The lowest BCUT2D eigenvalue weighted by Gasteiger charge is -2.34. The van der Waals surface area contributed by atoms with Gasteiger partial charge in [-0.3, -0.25) is 4.90 Å². The van der Waals surface area contributed by atoms with E-state index < -0.39 is 17.5 Å². The van der Waals surface area contributed by atoms with Gasteiger partial charge in [0.25, 0.3) is 0 Å². The summed E-state index contributed by atoms with van der Waals surface area (Å²) >= 11 is 0. The minimum Gasteiger partial charge on any atom is -0.461 e. The van der Waals surface area contributed by atoms with E-state index in [4.69, 9.17) is 26.6 Å². The molecule has 0 saturated carbocycles. The Hall–Kier alpha value is -4.60. The fraction of sp³-hybridized carbons (Fsp3) is 0.462. The summed E-state index contributed by atoms with van der Waals surface area (Å²) in [5.41, 5.74) is 5.73. The number of anilines is 1. The summed E-state index contributed by atoms with van der Waals surface area (Å²) in [6.07, 6.45) is 10.5. The van der Waals surface area contributed by atoms with Gasteiger partial charge < -0.3 is 25.0 Å². The summed E-state index contributed by atoms with van der Waals surface area (Å²) in [5.74, 6) is 0.547. The van der Waals surface area contributed by atoms with Crippen LogP contribution in [-0.2, 0) is 4.74 Å². The zero-order valence-electron chi connectivity index (χ0n) is 29.2. The van der Waals surface area contributed by atoms with Crippen LogP contribution in [0, 0.1) is 35.7 Å². The van der Waals surface area contributed by atoms with Gasteiger partial charge in [0.1, 0.15) is 36.2 Å². The van der Waals surface area contributed by atoms with Crippen LogP contribution in [0.4, 0.5) is 23.8 Å². The summed E-state index contributed by atoms with van der Waals surface area (Å²) in [7, 11) is 3.30. The molecular formula is C39H43F3N6O3. The van der Waals surface area contributed by atoms with Crippen LogP contribution in [0.1, 0.15) is 51.0 Å². The van der Waals surface area contributed by atoms with E-state index in [0.29, 0.717) is 24.3 Å². The molecule has 0 bridgehead atoms. The third kappa shape index (κ3) is 6.42. The predicted molar refractivity (Wildman–Crippen MR) is 191 cm³/mol. The van der Waals surface area contributed by atoms with Gasteiger partial charge in [-0.05, 0) is 74.1 Å². The van der Waals surface area contributed by atoms with Gasteiger partial charge in [-0.1, -0.05) is 37.1 Å². The Morgan fingerprint density at radius 2 is 1.92 bits per heavy atom. The second-order valence-corrected chi connectivity index (χ2v) is 14.6. The Balaban J connectivity index is 1.31. The molecule has 4 heterocycles. The van der Waals surface area contributed by atoms with Crippen molar-refractivity contribution in [3.05, 3.63) is 59.4 Å². The molecule has 0 aliphatic carbocycles. The van der Waals surface area contributed by atoms with Crippen LogP contribution in [0.15, 0.2) is 36.4 Å². The average Bonchev–Trinajstić information content (AvgIpc) is 3.62. The molecule has 268 valence electrons. The van der Waals surface area contributed by atoms with Crippen molar-refractivity contribution >= 4 is 33.6 Å². The molecule has 4 aromatic rings. The highest BCUT2D eigenvalue weighted by Crippen LogP contribution is 2.44. The van der Waals surface area contributed by atoms with Gasteiger partial charge in [0.05, 0.1) is 16.7 Å². The molecule has 12 heteroatoms. The molecule has 3 saturated heterocycles. The van der Waals surface area contributed by atoms with Crippen LogP contribution >= 0.6 is 0 Å². The van der Waals surface area contributed by atoms with E-state index in [-0.39, 0.29) is 81.8 Å². The van der Waals surface area contributed by atoms with E-state index in [0.717, 1.165) is 45.1 Å². The third-order valence-electron chi connectivity index (χ3n) is 10.8. The summed E-state index contributed by atoms with van der Waals surface area (Å²) in [5, 5.41) is 0.977. The number of ether oxygens (including phenoxy) is 2. The molecule has 1 aromatic heterocycles. The number of nitrogens with two attached hydrogens (primary N) is 1. The van der Waals surface area contributed by atoms with Crippen LogP contribution in [-0.4, -0.2) is 90.4 Å². The van der Waals surface area contributed by atoms with Crippen LogP contribution in [0.25, 0.3) is 32.8 Å². The van der Waals surface area contributed by atoms with Crippen LogP contribution in [0.5, 0.6) is 6.01 Å². The number of terminal acetylenes is 1. The third-order valence-corrected chi connectivity index (χ3v) is 10.8. The minimum absolute atomic E-state index is 0.0311. The number of benzene rings is 3. The van der Waals surface area contributed by atoms with Gasteiger partial charge in [-0.2, -0.15) is 9.97 Å². The van der Waals surface area contributed by atoms with E-state index in [2.05, 4.69) is 22.7 Å². The minimum atomic E-state index is -0.922. The Labute approximate surface area is 295 Å². The Bertz CT molecular complexity index is 2020. The van der Waals surface area contributed by atoms with Gasteiger partial charge in [0.15, 0.2) is 5.82 Å². The molecule has 3 fully saturated rings. The normalized spacial score (nSPS) is 23.6. The van der Waals surface area contributed by atoms with Crippen molar-refractivity contribution in [1.29, 1.82) is 0 Å². The summed E-state index contributed by atoms with van der Waals surface area (Å²) in [4.78, 5) is 27.3. The zero-order chi connectivity index (χ0) is 36.0. The van der Waals surface area contributed by atoms with Gasteiger partial charge in [-0.15, -0.1) is 6.42 Å². The molecule has 3 unspecified atom stereocenters. The largest absolute Gasteiger partial charge is 0.461 e. The van der Waals surface area contributed by atoms with Gasteiger partial charge >= 0.3 is 12.1 Å². The Morgan fingerprint density at radius 1 is 1.10 bits per heavy atom. The van der Waals surface area contributed by atoms with E-state index in [1.54, 1.807) is 26.2 Å². The Kier molecular flexibility index (Phi) is 9.46. The fourth-order valence-electron chi connectivity index (χ4n) is 8.29. The lowest BCUT2D eigenvalue weighted by atomic mass is 9.93. The number of hydrogen-bond acceptors (Lipinski definition) is 8. The first kappa shape index (κ1) is 34.8. The number of nitrogens with zero attached hydrogens (tertiary/aromatic N) is 5. The molecule has 9 nitrogen and oxygen atoms in total. The monoisotopic (exact) mass is 700 g/mol. The quantitative estimate of drug-likeness (QED) is 0.219. The van der Waals surface area contributed by atoms with Crippen molar-refractivity contribution in [3.63, 3.8) is 0 Å². The first-order valence-corrected chi connectivity index (χ1v) is 17.6. The number of carbonyl (C=O) groups is 1. The predicted octanol–water partition coefficient (Wildman–Crippen LogP) is 6.49. The number of aromatic nitrogens is 2. The maximum Gasteiger partial charge on any atom is 0.409 e. The van der Waals surface area contributed by atoms with Crippen LogP contribution in [0.3, 0.4) is 0 Å². The first-order chi connectivity index (χ1) is 24.5. The second-order valence-electron chi connectivity index (χ2n) is 14.6. The highest BCUT2D eigenvalue weighted by molar-refractivity contribution is 6.03. The number of fused-ring (bicyclic) bond motifs is 3. The van der Waals surface area contributed by atoms with E-state index >= 15 is 8.78 Å². The Morgan fingerprint density at radius 3 is 2.71 bits per heavy atom. The molecule has 0 radical (unpaired) electrons. The van der Waals surface area contributed by atoms with Crippen molar-refractivity contribution in [3.8, 4) is 29.5 Å². The second kappa shape index (κ2) is 13.8. The lowest BCUT2D eigenvalue weighted by molar-refractivity contribution is 0.0484. The van der Waals surface area contributed by atoms with Crippen molar-refractivity contribution in [2.24, 2.45) is 11.7 Å². The van der Waals surface area contributed by atoms with Crippen molar-refractivity contribution in [1.82, 2.24) is 19.8 Å². The fourth-order valence-corrected chi connectivity index (χ4v) is 8.29. The molecule has 51 heavy (non-hydrogen) atoms. The summed E-state index contributed by atoms with van der Waals surface area (Å²) in [6.45, 7) is 4.51. The molecule has 7 rings (SSSR count). The van der Waals surface area contributed by atoms with E-state index in [1.165, 1.54) is 29.2 Å². The number of hydrogen-bond donors (Lipinski definition) is 1. The molecule has 3 aliphatic rings. The highest BCUT2D eigenvalue weighted by atomic mass is 19.1. The van der Waals surface area contributed by atoms with Crippen molar-refractivity contribution in [2.75, 3.05) is 51.8 Å². The number of rotatable bonds is 7. The topological polar surface area (TPSA) is 97.0 Å². The maximum atomic E-state index is 17.0. The van der Waals surface area contributed by atoms with E-state index in [9.17, 15) is 9.18 Å². The number of carbonyl (C=O) groups excluding carboxylic acids is 1. The molecule has 0 spiro atoms. The summed E-state index contributed by atoms with van der Waals surface area (Å²) < 4.78 is 60.2. The highest BCUT2D eigenvalue weighted by Gasteiger charge is 2.50. The van der Waals surface area contributed by atoms with Gasteiger partial charge in [0, 0.05) is 50.0 Å². The van der Waals surface area contributed by atoms with Crippen molar-refractivity contribution < 1.29 is 27.4 Å². The lowest BCUT2D eigenvalue weighted by Crippen LogP contribution is -2.48. The molecule has 3 aromatic carbocycles.